The van der Waals surface area contributed by atoms with Crippen LogP contribution in [0.25, 0.3) is 0 Å². The molecule has 0 heterocycles. The smallest absolute Gasteiger partial charge is 0.191 e. The molecule has 0 fully saturated rings. The van der Waals surface area contributed by atoms with Gasteiger partial charge < -0.3 is 15.4 Å². The van der Waals surface area contributed by atoms with E-state index in [1.54, 1.807) is 7.11 Å². The summed E-state index contributed by atoms with van der Waals surface area (Å²) < 4.78 is 6.18. The van der Waals surface area contributed by atoms with Crippen molar-refractivity contribution in [3.63, 3.8) is 0 Å². The Balaban J connectivity index is 0.00000441. The van der Waals surface area contributed by atoms with Crippen LogP contribution in [0.5, 0.6) is 0 Å². The van der Waals surface area contributed by atoms with E-state index in [9.17, 15) is 0 Å². The monoisotopic (exact) mass is 483 g/mol. The standard InChI is InChI=1S/C16H26BrN3O.HI/c1-5-18-15(19-10-11-21-4)20-12-16(2,3)13-8-6-7-9-14(13)17;/h6-9H,5,10-12H2,1-4H3,(H2,18,19,20);1H. The largest absolute Gasteiger partial charge is 0.383 e. The number of hydrogen-bond acceptors (Lipinski definition) is 2. The maximum absolute atomic E-state index is 5.05. The van der Waals surface area contributed by atoms with Gasteiger partial charge in [0.25, 0.3) is 0 Å². The minimum absolute atomic E-state index is 0. The van der Waals surface area contributed by atoms with Crippen LogP contribution in [-0.4, -0.2) is 39.3 Å². The molecule has 126 valence electrons. The van der Waals surface area contributed by atoms with Crippen molar-refractivity contribution in [2.24, 2.45) is 4.99 Å². The number of benzene rings is 1. The molecule has 0 aromatic heterocycles. The lowest BCUT2D eigenvalue weighted by Crippen LogP contribution is -2.40. The van der Waals surface area contributed by atoms with Crippen LogP contribution in [0.15, 0.2) is 33.7 Å². The topological polar surface area (TPSA) is 45.7 Å². The highest BCUT2D eigenvalue weighted by molar-refractivity contribution is 14.0. The quantitative estimate of drug-likeness (QED) is 0.270. The summed E-state index contributed by atoms with van der Waals surface area (Å²) in [5.41, 5.74) is 1.23. The van der Waals surface area contributed by atoms with Gasteiger partial charge in [-0.15, -0.1) is 24.0 Å². The molecule has 0 bridgehead atoms. The Morgan fingerprint density at radius 2 is 1.95 bits per heavy atom. The molecule has 0 saturated heterocycles. The van der Waals surface area contributed by atoms with Crippen LogP contribution in [0, 0.1) is 0 Å². The molecule has 0 amide bonds. The van der Waals surface area contributed by atoms with Crippen LogP contribution in [0.4, 0.5) is 0 Å². The van der Waals surface area contributed by atoms with Crippen LogP contribution >= 0.6 is 39.9 Å². The number of rotatable bonds is 7. The van der Waals surface area contributed by atoms with Crippen molar-refractivity contribution in [2.45, 2.75) is 26.2 Å². The van der Waals surface area contributed by atoms with Crippen LogP contribution in [-0.2, 0) is 10.2 Å². The highest BCUT2D eigenvalue weighted by atomic mass is 127. The van der Waals surface area contributed by atoms with Gasteiger partial charge in [-0.3, -0.25) is 4.99 Å². The lowest BCUT2D eigenvalue weighted by molar-refractivity contribution is 0.203. The molecule has 0 spiro atoms. The van der Waals surface area contributed by atoms with Crippen molar-refractivity contribution in [3.8, 4) is 0 Å². The number of nitrogens with one attached hydrogen (secondary N) is 2. The first-order chi connectivity index (χ1) is 10.0. The summed E-state index contributed by atoms with van der Waals surface area (Å²) in [6.07, 6.45) is 0. The number of methoxy groups -OCH3 is 1. The lowest BCUT2D eigenvalue weighted by Gasteiger charge is -2.25. The summed E-state index contributed by atoms with van der Waals surface area (Å²) in [5, 5.41) is 6.51. The second kappa shape index (κ2) is 11.2. The van der Waals surface area contributed by atoms with E-state index >= 15 is 0 Å². The Morgan fingerprint density at radius 3 is 2.55 bits per heavy atom. The molecule has 0 aliphatic carbocycles. The van der Waals surface area contributed by atoms with Gasteiger partial charge in [-0.25, -0.2) is 0 Å². The van der Waals surface area contributed by atoms with E-state index in [-0.39, 0.29) is 29.4 Å². The van der Waals surface area contributed by atoms with Gasteiger partial charge >= 0.3 is 0 Å². The second-order valence-corrected chi connectivity index (χ2v) is 6.33. The second-order valence-electron chi connectivity index (χ2n) is 5.48. The van der Waals surface area contributed by atoms with E-state index in [0.717, 1.165) is 23.5 Å². The van der Waals surface area contributed by atoms with Gasteiger partial charge in [0.15, 0.2) is 5.96 Å². The molecule has 2 N–H and O–H groups in total. The number of guanidine groups is 1. The molecule has 4 nitrogen and oxygen atoms in total. The van der Waals surface area contributed by atoms with Crippen molar-refractivity contribution >= 4 is 45.9 Å². The van der Waals surface area contributed by atoms with Gasteiger partial charge in [0.1, 0.15) is 0 Å². The molecule has 1 aromatic carbocycles. The number of aliphatic imine (C=N–C) groups is 1. The highest BCUT2D eigenvalue weighted by Gasteiger charge is 2.22. The third-order valence-corrected chi connectivity index (χ3v) is 3.87. The summed E-state index contributed by atoms with van der Waals surface area (Å²) >= 11 is 3.62. The van der Waals surface area contributed by atoms with Crippen LogP contribution < -0.4 is 10.6 Å². The van der Waals surface area contributed by atoms with Crippen molar-refractivity contribution in [2.75, 3.05) is 33.4 Å². The van der Waals surface area contributed by atoms with E-state index in [1.165, 1.54) is 5.56 Å². The van der Waals surface area contributed by atoms with Gasteiger partial charge in [-0.05, 0) is 18.6 Å². The Bertz CT molecular complexity index is 466. The highest BCUT2D eigenvalue weighted by Crippen LogP contribution is 2.30. The summed E-state index contributed by atoms with van der Waals surface area (Å²) in [6, 6.07) is 8.31. The molecule has 0 radical (unpaired) electrons. The van der Waals surface area contributed by atoms with Crippen LogP contribution in [0.1, 0.15) is 26.3 Å². The number of halogens is 2. The third kappa shape index (κ3) is 7.28. The van der Waals surface area contributed by atoms with E-state index in [4.69, 9.17) is 9.73 Å². The van der Waals surface area contributed by atoms with E-state index in [0.29, 0.717) is 13.2 Å². The van der Waals surface area contributed by atoms with E-state index in [2.05, 4.69) is 65.5 Å². The van der Waals surface area contributed by atoms with Crippen molar-refractivity contribution in [3.05, 3.63) is 34.3 Å². The fourth-order valence-corrected chi connectivity index (χ4v) is 2.81. The first kappa shape index (κ1) is 21.7. The summed E-state index contributed by atoms with van der Waals surface area (Å²) in [7, 11) is 1.70. The van der Waals surface area contributed by atoms with Crippen LogP contribution in [0.2, 0.25) is 0 Å². The van der Waals surface area contributed by atoms with E-state index in [1.807, 2.05) is 6.07 Å². The summed E-state index contributed by atoms with van der Waals surface area (Å²) in [5.74, 6) is 0.828. The number of ether oxygens (including phenoxy) is 1. The average Bonchev–Trinajstić information content (AvgIpc) is 2.45. The van der Waals surface area contributed by atoms with Gasteiger partial charge in [0, 0.05) is 30.1 Å². The Kier molecular flexibility index (Phi) is 11.1. The van der Waals surface area contributed by atoms with Gasteiger partial charge in [0.2, 0.25) is 0 Å². The van der Waals surface area contributed by atoms with E-state index < -0.39 is 0 Å². The normalized spacial score (nSPS) is 11.8. The first-order valence-electron chi connectivity index (χ1n) is 7.27. The summed E-state index contributed by atoms with van der Waals surface area (Å²) in [4.78, 5) is 4.69. The molecule has 0 atom stereocenters. The number of hydrogen-bond donors (Lipinski definition) is 2. The van der Waals surface area contributed by atoms with Gasteiger partial charge in [-0.1, -0.05) is 48.0 Å². The molecule has 0 saturated carbocycles. The Hall–Kier alpha value is -0.340. The van der Waals surface area contributed by atoms with Crippen molar-refractivity contribution in [1.29, 1.82) is 0 Å². The molecule has 1 rings (SSSR count). The molecule has 1 aromatic rings. The predicted octanol–water partition coefficient (Wildman–Crippen LogP) is 3.55. The zero-order valence-corrected chi connectivity index (χ0v) is 17.7. The van der Waals surface area contributed by atoms with Gasteiger partial charge in [0.05, 0.1) is 13.2 Å². The fourth-order valence-electron chi connectivity index (χ4n) is 1.99. The predicted molar refractivity (Wildman–Crippen MR) is 108 cm³/mol. The molecule has 0 unspecified atom stereocenters. The molecular weight excluding hydrogens is 457 g/mol. The van der Waals surface area contributed by atoms with Crippen molar-refractivity contribution < 1.29 is 4.74 Å². The maximum atomic E-state index is 5.05. The van der Waals surface area contributed by atoms with Crippen molar-refractivity contribution in [1.82, 2.24) is 10.6 Å². The Morgan fingerprint density at radius 1 is 1.27 bits per heavy atom. The third-order valence-electron chi connectivity index (χ3n) is 3.18. The molecular formula is C16H27BrIN3O. The van der Waals surface area contributed by atoms with Crippen LogP contribution in [0.3, 0.4) is 0 Å². The maximum Gasteiger partial charge on any atom is 0.191 e. The molecule has 6 heteroatoms. The minimum atomic E-state index is -0.0380. The lowest BCUT2D eigenvalue weighted by atomic mass is 9.85. The van der Waals surface area contributed by atoms with Gasteiger partial charge in [-0.2, -0.15) is 0 Å². The average molecular weight is 484 g/mol. The molecule has 22 heavy (non-hydrogen) atoms. The first-order valence-corrected chi connectivity index (χ1v) is 8.06. The Labute approximate surface area is 159 Å². The zero-order chi connectivity index (χ0) is 15.7. The summed E-state index contributed by atoms with van der Waals surface area (Å²) in [6.45, 7) is 9.43. The molecule has 0 aliphatic heterocycles. The minimum Gasteiger partial charge on any atom is -0.383 e. The number of nitrogens with zero attached hydrogens (tertiary/aromatic N) is 1. The molecule has 0 aliphatic rings. The zero-order valence-electron chi connectivity index (χ0n) is 13.8. The fraction of sp³-hybridized carbons (Fsp3) is 0.562. The SMILES string of the molecule is CCNC(=NCC(C)(C)c1ccccc1Br)NCCOC.I.